The molecule has 2 nitrogen and oxygen atoms in total. The highest BCUT2D eigenvalue weighted by Crippen LogP contribution is 2.47. The van der Waals surface area contributed by atoms with Crippen LogP contribution in [0.3, 0.4) is 0 Å². The van der Waals surface area contributed by atoms with E-state index in [0.717, 1.165) is 12.8 Å². The number of rotatable bonds is 3. The van der Waals surface area contributed by atoms with E-state index in [4.69, 9.17) is 0 Å². The standard InChI is InChI=1S/C16H20O2/c1-11-9-10-13(16(11,2)3)15(18)14(17)12-7-5-4-6-8-12/h4-8,11,13H,9-10H2,1-3H3/t11-,13+/m0/s1. The monoisotopic (exact) mass is 244 g/mol. The lowest BCUT2D eigenvalue weighted by atomic mass is 9.73. The van der Waals surface area contributed by atoms with Crippen molar-refractivity contribution in [2.24, 2.45) is 17.3 Å². The normalized spacial score (nSPS) is 25.9. The van der Waals surface area contributed by atoms with Gasteiger partial charge in [0.15, 0.2) is 0 Å². The first-order valence-corrected chi connectivity index (χ1v) is 6.58. The molecule has 18 heavy (non-hydrogen) atoms. The van der Waals surface area contributed by atoms with Gasteiger partial charge in [-0.2, -0.15) is 0 Å². The number of benzene rings is 1. The Morgan fingerprint density at radius 1 is 1.11 bits per heavy atom. The fourth-order valence-electron chi connectivity index (χ4n) is 2.86. The molecule has 1 aromatic carbocycles. The second kappa shape index (κ2) is 4.68. The van der Waals surface area contributed by atoms with Crippen LogP contribution in [-0.4, -0.2) is 11.6 Å². The summed E-state index contributed by atoms with van der Waals surface area (Å²) < 4.78 is 0. The number of hydrogen-bond acceptors (Lipinski definition) is 2. The summed E-state index contributed by atoms with van der Waals surface area (Å²) in [5.41, 5.74) is 0.444. The highest BCUT2D eigenvalue weighted by Gasteiger charge is 2.46. The molecule has 0 aromatic heterocycles. The molecule has 0 aliphatic heterocycles. The van der Waals surface area contributed by atoms with E-state index in [9.17, 15) is 9.59 Å². The van der Waals surface area contributed by atoms with E-state index in [1.807, 2.05) is 6.07 Å². The Morgan fingerprint density at radius 2 is 1.72 bits per heavy atom. The number of carbonyl (C=O) groups is 2. The molecule has 0 N–H and O–H groups in total. The molecule has 2 atom stereocenters. The van der Waals surface area contributed by atoms with Crippen molar-refractivity contribution in [2.45, 2.75) is 33.6 Å². The smallest absolute Gasteiger partial charge is 0.228 e. The Balaban J connectivity index is 2.21. The van der Waals surface area contributed by atoms with Crippen molar-refractivity contribution in [2.75, 3.05) is 0 Å². The molecular weight excluding hydrogens is 224 g/mol. The minimum atomic E-state index is -0.331. The van der Waals surface area contributed by atoms with Crippen LogP contribution in [0.25, 0.3) is 0 Å². The minimum Gasteiger partial charge on any atom is -0.290 e. The second-order valence-electron chi connectivity index (χ2n) is 5.91. The highest BCUT2D eigenvalue weighted by atomic mass is 16.2. The van der Waals surface area contributed by atoms with Crippen LogP contribution >= 0.6 is 0 Å². The Bertz CT molecular complexity index is 459. The maximum Gasteiger partial charge on any atom is 0.228 e. The van der Waals surface area contributed by atoms with Crippen molar-refractivity contribution in [1.82, 2.24) is 0 Å². The molecule has 1 aliphatic rings. The Labute approximate surface area is 108 Å². The highest BCUT2D eigenvalue weighted by molar-refractivity contribution is 6.44. The van der Waals surface area contributed by atoms with Gasteiger partial charge in [-0.25, -0.2) is 0 Å². The van der Waals surface area contributed by atoms with E-state index in [1.54, 1.807) is 24.3 Å². The molecule has 2 rings (SSSR count). The van der Waals surface area contributed by atoms with Crippen LogP contribution in [0.4, 0.5) is 0 Å². The van der Waals surface area contributed by atoms with Gasteiger partial charge in [-0.05, 0) is 24.2 Å². The third kappa shape index (κ3) is 2.12. The Kier molecular flexibility index (Phi) is 3.38. The molecule has 0 heterocycles. The predicted molar refractivity (Wildman–Crippen MR) is 71.4 cm³/mol. The van der Waals surface area contributed by atoms with Gasteiger partial charge in [0.05, 0.1) is 0 Å². The molecule has 1 aromatic rings. The van der Waals surface area contributed by atoms with Crippen LogP contribution in [0.15, 0.2) is 30.3 Å². The fourth-order valence-corrected chi connectivity index (χ4v) is 2.86. The summed E-state index contributed by atoms with van der Waals surface area (Å²) in [7, 11) is 0. The molecular formula is C16H20O2. The molecule has 0 amide bonds. The fraction of sp³-hybridized carbons (Fsp3) is 0.500. The van der Waals surface area contributed by atoms with Crippen molar-refractivity contribution in [3.63, 3.8) is 0 Å². The molecule has 96 valence electrons. The quantitative estimate of drug-likeness (QED) is 0.602. The summed E-state index contributed by atoms with van der Waals surface area (Å²) in [4.78, 5) is 24.5. The van der Waals surface area contributed by atoms with Gasteiger partial charge in [-0.3, -0.25) is 9.59 Å². The van der Waals surface area contributed by atoms with E-state index in [-0.39, 0.29) is 22.9 Å². The van der Waals surface area contributed by atoms with Gasteiger partial charge in [-0.1, -0.05) is 51.1 Å². The lowest BCUT2D eigenvalue weighted by Crippen LogP contribution is -2.33. The topological polar surface area (TPSA) is 34.1 Å². The molecule has 0 spiro atoms. The lowest BCUT2D eigenvalue weighted by molar-refractivity contribution is -0.121. The molecule has 2 heteroatoms. The van der Waals surface area contributed by atoms with Crippen LogP contribution in [-0.2, 0) is 4.79 Å². The third-order valence-electron chi connectivity index (χ3n) is 4.63. The van der Waals surface area contributed by atoms with Gasteiger partial charge in [0.25, 0.3) is 0 Å². The van der Waals surface area contributed by atoms with E-state index >= 15 is 0 Å². The zero-order valence-corrected chi connectivity index (χ0v) is 11.3. The van der Waals surface area contributed by atoms with Crippen molar-refractivity contribution >= 4 is 11.6 Å². The van der Waals surface area contributed by atoms with Crippen LogP contribution in [0.1, 0.15) is 44.0 Å². The summed E-state index contributed by atoms with van der Waals surface area (Å²) in [5.74, 6) is -0.173. The van der Waals surface area contributed by atoms with Gasteiger partial charge in [-0.15, -0.1) is 0 Å². The van der Waals surface area contributed by atoms with Gasteiger partial charge < -0.3 is 0 Å². The van der Waals surface area contributed by atoms with Crippen LogP contribution < -0.4 is 0 Å². The number of ketones is 2. The van der Waals surface area contributed by atoms with E-state index in [0.29, 0.717) is 11.5 Å². The van der Waals surface area contributed by atoms with Crippen LogP contribution in [0, 0.1) is 17.3 Å². The van der Waals surface area contributed by atoms with Gasteiger partial charge in [0.1, 0.15) is 0 Å². The summed E-state index contributed by atoms with van der Waals surface area (Å²) in [6, 6.07) is 8.87. The molecule has 0 radical (unpaired) electrons. The molecule has 0 unspecified atom stereocenters. The Hall–Kier alpha value is -1.44. The first-order chi connectivity index (χ1) is 8.44. The van der Waals surface area contributed by atoms with Crippen LogP contribution in [0.2, 0.25) is 0 Å². The average molecular weight is 244 g/mol. The summed E-state index contributed by atoms with van der Waals surface area (Å²) >= 11 is 0. The lowest BCUT2D eigenvalue weighted by Gasteiger charge is -2.29. The Morgan fingerprint density at radius 3 is 2.22 bits per heavy atom. The van der Waals surface area contributed by atoms with Crippen molar-refractivity contribution in [3.05, 3.63) is 35.9 Å². The first kappa shape index (κ1) is 13.0. The zero-order valence-electron chi connectivity index (χ0n) is 11.3. The third-order valence-corrected chi connectivity index (χ3v) is 4.63. The van der Waals surface area contributed by atoms with Gasteiger partial charge >= 0.3 is 0 Å². The maximum atomic E-state index is 12.4. The average Bonchev–Trinajstić information content (AvgIpc) is 2.63. The molecule has 1 aliphatic carbocycles. The van der Waals surface area contributed by atoms with Gasteiger partial charge in [0, 0.05) is 11.5 Å². The van der Waals surface area contributed by atoms with Crippen molar-refractivity contribution in [3.8, 4) is 0 Å². The number of hydrogen-bond donors (Lipinski definition) is 0. The minimum absolute atomic E-state index is 0.0679. The largest absolute Gasteiger partial charge is 0.290 e. The number of Topliss-reactive ketones (excluding diaryl/α,β-unsaturated/α-hetero) is 2. The SMILES string of the molecule is C[C@H]1CC[C@H](C(=O)C(=O)c2ccccc2)C1(C)C. The first-order valence-electron chi connectivity index (χ1n) is 6.58. The van der Waals surface area contributed by atoms with E-state index in [1.165, 1.54) is 0 Å². The maximum absolute atomic E-state index is 12.4. The summed E-state index contributed by atoms with van der Waals surface area (Å²) in [5, 5.41) is 0. The van der Waals surface area contributed by atoms with Crippen molar-refractivity contribution < 1.29 is 9.59 Å². The second-order valence-corrected chi connectivity index (χ2v) is 5.91. The molecule has 1 saturated carbocycles. The van der Waals surface area contributed by atoms with Crippen LogP contribution in [0.5, 0.6) is 0 Å². The van der Waals surface area contributed by atoms with Crippen molar-refractivity contribution in [1.29, 1.82) is 0 Å². The summed E-state index contributed by atoms with van der Waals surface area (Å²) in [6.07, 6.45) is 1.87. The molecule has 0 saturated heterocycles. The molecule has 0 bridgehead atoms. The van der Waals surface area contributed by atoms with E-state index < -0.39 is 0 Å². The zero-order chi connectivity index (χ0) is 13.3. The van der Waals surface area contributed by atoms with E-state index in [2.05, 4.69) is 20.8 Å². The molecule has 1 fully saturated rings. The van der Waals surface area contributed by atoms with Gasteiger partial charge in [0.2, 0.25) is 11.6 Å². The number of carbonyl (C=O) groups excluding carboxylic acids is 2. The summed E-state index contributed by atoms with van der Waals surface area (Å²) in [6.45, 7) is 6.37. The predicted octanol–water partition coefficient (Wildman–Crippen LogP) is 3.51.